The largest absolute Gasteiger partial charge is 0.353 e. The number of rotatable bonds is 5. The number of nitrogens with one attached hydrogen (secondary N) is 3. The summed E-state index contributed by atoms with van der Waals surface area (Å²) in [6, 6.07) is -0.578. The van der Waals surface area contributed by atoms with Crippen LogP contribution in [0.4, 0.5) is 4.79 Å². The number of urea groups is 1. The Balaban J connectivity index is 1.83. The lowest BCUT2D eigenvalue weighted by Gasteiger charge is -2.36. The maximum absolute atomic E-state index is 12.6. The molecule has 0 radical (unpaired) electrons. The molecule has 0 unspecified atom stereocenters. The summed E-state index contributed by atoms with van der Waals surface area (Å²) >= 11 is 0. The van der Waals surface area contributed by atoms with Crippen LogP contribution in [0.1, 0.15) is 58.8 Å². The highest BCUT2D eigenvalue weighted by molar-refractivity contribution is 5.96. The van der Waals surface area contributed by atoms with Gasteiger partial charge in [0.1, 0.15) is 0 Å². The van der Waals surface area contributed by atoms with Gasteiger partial charge < -0.3 is 10.6 Å². The number of nitrogens with zero attached hydrogens (tertiary/aromatic N) is 1. The van der Waals surface area contributed by atoms with Gasteiger partial charge in [0, 0.05) is 19.1 Å². The van der Waals surface area contributed by atoms with E-state index in [0.29, 0.717) is 19.1 Å². The fourth-order valence-electron chi connectivity index (χ4n) is 3.73. The number of hydrogen-bond donors (Lipinski definition) is 3. The van der Waals surface area contributed by atoms with Crippen molar-refractivity contribution in [3.8, 4) is 0 Å². The van der Waals surface area contributed by atoms with Gasteiger partial charge in [-0.2, -0.15) is 0 Å². The van der Waals surface area contributed by atoms with Crippen LogP contribution in [0.3, 0.4) is 0 Å². The van der Waals surface area contributed by atoms with E-state index in [1.807, 2.05) is 4.90 Å². The second-order valence-electron chi connectivity index (χ2n) is 7.20. The minimum Gasteiger partial charge on any atom is -0.353 e. The Morgan fingerprint density at radius 1 is 1.08 bits per heavy atom. The molecule has 1 aliphatic carbocycles. The van der Waals surface area contributed by atoms with E-state index in [-0.39, 0.29) is 17.7 Å². The fourth-order valence-corrected chi connectivity index (χ4v) is 3.73. The van der Waals surface area contributed by atoms with Crippen LogP contribution in [0.15, 0.2) is 0 Å². The van der Waals surface area contributed by atoms with Gasteiger partial charge in [-0.25, -0.2) is 4.79 Å². The van der Waals surface area contributed by atoms with Crippen LogP contribution < -0.4 is 16.0 Å². The van der Waals surface area contributed by atoms with E-state index >= 15 is 0 Å². The molecule has 2 rings (SSSR count). The van der Waals surface area contributed by atoms with Crippen molar-refractivity contribution in [3.05, 3.63) is 0 Å². The fraction of sp³-hybridized carbons (Fsp3) is 0.833. The molecule has 7 nitrogen and oxygen atoms in total. The summed E-state index contributed by atoms with van der Waals surface area (Å²) in [4.78, 5) is 38.3. The van der Waals surface area contributed by atoms with Gasteiger partial charge >= 0.3 is 6.03 Å². The van der Waals surface area contributed by atoms with Gasteiger partial charge in [0.2, 0.25) is 11.8 Å². The first-order valence-electron chi connectivity index (χ1n) is 9.64. The van der Waals surface area contributed by atoms with E-state index in [2.05, 4.69) is 16.0 Å². The Bertz CT molecular complexity index is 477. The second-order valence-corrected chi connectivity index (χ2v) is 7.20. The SMILES string of the molecule is CCNC(=O)NC(=O)[C@@H](C)N1CCC[C@H](C(=O)NC2CCCCC2)C1. The minimum atomic E-state index is -0.469. The first-order chi connectivity index (χ1) is 12.0. The quantitative estimate of drug-likeness (QED) is 0.697. The summed E-state index contributed by atoms with van der Waals surface area (Å²) in [5, 5.41) is 8.11. The number of hydrogen-bond acceptors (Lipinski definition) is 4. The normalized spacial score (nSPS) is 23.5. The van der Waals surface area contributed by atoms with Crippen LogP contribution >= 0.6 is 0 Å². The Labute approximate surface area is 150 Å². The summed E-state index contributed by atoms with van der Waals surface area (Å²) in [7, 11) is 0. The van der Waals surface area contributed by atoms with Crippen molar-refractivity contribution in [2.24, 2.45) is 5.92 Å². The molecular formula is C18H32N4O3. The Morgan fingerprint density at radius 2 is 1.80 bits per heavy atom. The predicted molar refractivity (Wildman–Crippen MR) is 96.0 cm³/mol. The van der Waals surface area contributed by atoms with Gasteiger partial charge in [-0.05, 0) is 46.1 Å². The van der Waals surface area contributed by atoms with Crippen molar-refractivity contribution >= 4 is 17.8 Å². The highest BCUT2D eigenvalue weighted by Gasteiger charge is 2.32. The number of imide groups is 1. The summed E-state index contributed by atoms with van der Waals surface area (Å²) in [5.41, 5.74) is 0. The molecule has 142 valence electrons. The molecule has 0 aromatic carbocycles. The average Bonchev–Trinajstić information content (AvgIpc) is 2.62. The Morgan fingerprint density at radius 3 is 2.48 bits per heavy atom. The third kappa shape index (κ3) is 5.99. The zero-order chi connectivity index (χ0) is 18.2. The lowest BCUT2D eigenvalue weighted by atomic mass is 9.92. The highest BCUT2D eigenvalue weighted by Crippen LogP contribution is 2.21. The van der Waals surface area contributed by atoms with E-state index < -0.39 is 12.1 Å². The van der Waals surface area contributed by atoms with Crippen LogP contribution in [0.2, 0.25) is 0 Å². The summed E-state index contributed by atoms with van der Waals surface area (Å²) in [5.74, 6) is -0.275. The van der Waals surface area contributed by atoms with Gasteiger partial charge in [0.05, 0.1) is 12.0 Å². The van der Waals surface area contributed by atoms with Crippen molar-refractivity contribution in [3.63, 3.8) is 0 Å². The van der Waals surface area contributed by atoms with Gasteiger partial charge in [-0.1, -0.05) is 19.3 Å². The smallest absolute Gasteiger partial charge is 0.321 e. The number of carbonyl (C=O) groups is 3. The summed E-state index contributed by atoms with van der Waals surface area (Å²) in [6.45, 7) is 5.41. The summed E-state index contributed by atoms with van der Waals surface area (Å²) in [6.07, 6.45) is 7.56. The van der Waals surface area contributed by atoms with Gasteiger partial charge in [-0.15, -0.1) is 0 Å². The molecule has 7 heteroatoms. The van der Waals surface area contributed by atoms with Crippen LogP contribution in [-0.2, 0) is 9.59 Å². The van der Waals surface area contributed by atoms with Crippen molar-refractivity contribution in [2.75, 3.05) is 19.6 Å². The first-order valence-corrected chi connectivity index (χ1v) is 9.64. The molecule has 0 aromatic rings. The number of carbonyl (C=O) groups excluding carboxylic acids is 3. The molecule has 3 N–H and O–H groups in total. The van der Waals surface area contributed by atoms with E-state index in [4.69, 9.17) is 0 Å². The van der Waals surface area contributed by atoms with Crippen LogP contribution in [0, 0.1) is 5.92 Å². The Kier molecular flexibility index (Phi) is 7.68. The lowest BCUT2D eigenvalue weighted by Crippen LogP contribution is -2.54. The first kappa shape index (κ1) is 19.7. The molecule has 0 bridgehead atoms. The molecule has 0 aromatic heterocycles. The maximum atomic E-state index is 12.6. The van der Waals surface area contributed by atoms with Crippen molar-refractivity contribution in [1.29, 1.82) is 0 Å². The third-order valence-electron chi connectivity index (χ3n) is 5.28. The topological polar surface area (TPSA) is 90.5 Å². The van der Waals surface area contributed by atoms with E-state index in [0.717, 1.165) is 32.2 Å². The Hall–Kier alpha value is -1.63. The summed E-state index contributed by atoms with van der Waals surface area (Å²) < 4.78 is 0. The van der Waals surface area contributed by atoms with Gasteiger partial charge in [0.15, 0.2) is 0 Å². The minimum absolute atomic E-state index is 0.0737. The number of piperidine rings is 1. The number of amides is 4. The van der Waals surface area contributed by atoms with Crippen molar-refractivity contribution in [2.45, 2.75) is 70.9 Å². The maximum Gasteiger partial charge on any atom is 0.321 e. The van der Waals surface area contributed by atoms with Crippen LogP contribution in [-0.4, -0.2) is 54.5 Å². The molecule has 0 spiro atoms. The molecular weight excluding hydrogens is 320 g/mol. The van der Waals surface area contributed by atoms with E-state index in [1.165, 1.54) is 19.3 Å². The third-order valence-corrected chi connectivity index (χ3v) is 5.28. The van der Waals surface area contributed by atoms with Crippen molar-refractivity contribution < 1.29 is 14.4 Å². The molecule has 4 amide bonds. The van der Waals surface area contributed by atoms with E-state index in [9.17, 15) is 14.4 Å². The second kappa shape index (κ2) is 9.75. The number of likely N-dealkylation sites (tertiary alicyclic amines) is 1. The molecule has 2 aliphatic rings. The van der Waals surface area contributed by atoms with Crippen LogP contribution in [0.25, 0.3) is 0 Å². The van der Waals surface area contributed by atoms with Crippen LogP contribution in [0.5, 0.6) is 0 Å². The van der Waals surface area contributed by atoms with Crippen molar-refractivity contribution in [1.82, 2.24) is 20.9 Å². The predicted octanol–water partition coefficient (Wildman–Crippen LogP) is 1.38. The molecule has 1 saturated carbocycles. The zero-order valence-corrected chi connectivity index (χ0v) is 15.5. The monoisotopic (exact) mass is 352 g/mol. The average molecular weight is 352 g/mol. The molecule has 2 atom stereocenters. The lowest BCUT2D eigenvalue weighted by molar-refractivity contribution is -0.131. The molecule has 2 fully saturated rings. The van der Waals surface area contributed by atoms with Gasteiger partial charge in [0.25, 0.3) is 0 Å². The molecule has 25 heavy (non-hydrogen) atoms. The molecule has 1 heterocycles. The zero-order valence-electron chi connectivity index (χ0n) is 15.5. The molecule has 1 saturated heterocycles. The highest BCUT2D eigenvalue weighted by atomic mass is 16.2. The molecule has 1 aliphatic heterocycles. The van der Waals surface area contributed by atoms with Gasteiger partial charge in [-0.3, -0.25) is 19.8 Å². The standard InChI is InChI=1S/C18H32N4O3/c1-3-19-18(25)21-16(23)13(2)22-11-7-8-14(12-22)17(24)20-15-9-5-4-6-10-15/h13-15H,3-12H2,1-2H3,(H,20,24)(H2,19,21,23,25)/t13-,14+/m1/s1. The van der Waals surface area contributed by atoms with E-state index in [1.54, 1.807) is 13.8 Å².